The van der Waals surface area contributed by atoms with E-state index < -0.39 is 0 Å². The van der Waals surface area contributed by atoms with Crippen molar-refractivity contribution in [3.8, 4) is 5.69 Å². The van der Waals surface area contributed by atoms with Crippen LogP contribution in [0.5, 0.6) is 0 Å². The summed E-state index contributed by atoms with van der Waals surface area (Å²) in [7, 11) is 0. The Labute approximate surface area is 222 Å². The van der Waals surface area contributed by atoms with Crippen LogP contribution in [0.1, 0.15) is 51.7 Å². The summed E-state index contributed by atoms with van der Waals surface area (Å²) in [6, 6.07) is 33.9. The molecule has 1 N–H and O–H groups in total. The molecule has 0 fully saturated rings. The molecule has 38 heavy (non-hydrogen) atoms. The molecule has 0 unspecified atom stereocenters. The number of aromatic nitrogens is 2. The van der Waals surface area contributed by atoms with Gasteiger partial charge in [-0.3, -0.25) is 0 Å². The van der Waals surface area contributed by atoms with Crippen LogP contribution >= 0.6 is 0 Å². The van der Waals surface area contributed by atoms with E-state index in [-0.39, 0.29) is 10.8 Å². The summed E-state index contributed by atoms with van der Waals surface area (Å²) in [5, 5.41) is 7.84. The molecule has 7 aromatic rings. The van der Waals surface area contributed by atoms with Gasteiger partial charge in [0, 0.05) is 38.3 Å². The molecule has 2 heterocycles. The first-order chi connectivity index (χ1) is 18.3. The number of nitrogens with zero attached hydrogens (tertiary/aromatic N) is 1. The fourth-order valence-corrected chi connectivity index (χ4v) is 7.10. The summed E-state index contributed by atoms with van der Waals surface area (Å²) >= 11 is 0. The number of aromatic amines is 1. The second kappa shape index (κ2) is 7.29. The third-order valence-corrected chi connectivity index (χ3v) is 9.36. The first kappa shape index (κ1) is 22.0. The third kappa shape index (κ3) is 2.89. The van der Waals surface area contributed by atoms with Crippen LogP contribution in [0.4, 0.5) is 0 Å². The maximum absolute atomic E-state index is 3.76. The molecule has 2 nitrogen and oxygen atoms in total. The lowest BCUT2D eigenvalue weighted by Gasteiger charge is -2.42. The SMILES string of the molecule is CC1(C)CCC(C)(C)c2cc3c(cc21)c1cc2[nH]c4ccc5ccccc5c4c2cc1n3-c1ccccc1. The second-order valence-corrected chi connectivity index (χ2v) is 12.6. The average Bonchev–Trinajstić information content (AvgIpc) is 3.44. The molecule has 1 aliphatic carbocycles. The van der Waals surface area contributed by atoms with Gasteiger partial charge in [0.1, 0.15) is 0 Å². The Balaban J connectivity index is 1.57. The van der Waals surface area contributed by atoms with Gasteiger partial charge in [-0.25, -0.2) is 0 Å². The molecule has 1 aliphatic rings. The molecule has 0 atom stereocenters. The van der Waals surface area contributed by atoms with Crippen LogP contribution in [0, 0.1) is 0 Å². The maximum atomic E-state index is 3.76. The van der Waals surface area contributed by atoms with E-state index in [1.54, 1.807) is 0 Å². The molecule has 5 aromatic carbocycles. The van der Waals surface area contributed by atoms with Crippen LogP contribution < -0.4 is 0 Å². The number of rotatable bonds is 1. The maximum Gasteiger partial charge on any atom is 0.0548 e. The molecule has 8 rings (SSSR count). The van der Waals surface area contributed by atoms with Crippen LogP contribution in [0.15, 0.2) is 91.0 Å². The van der Waals surface area contributed by atoms with Gasteiger partial charge < -0.3 is 9.55 Å². The van der Waals surface area contributed by atoms with Crippen molar-refractivity contribution in [2.45, 2.75) is 51.4 Å². The summed E-state index contributed by atoms with van der Waals surface area (Å²) in [6.45, 7) is 9.68. The van der Waals surface area contributed by atoms with Crippen molar-refractivity contribution in [3.05, 3.63) is 102 Å². The molecule has 0 spiro atoms. The van der Waals surface area contributed by atoms with E-state index in [0.29, 0.717) is 0 Å². The van der Waals surface area contributed by atoms with Crippen molar-refractivity contribution in [1.29, 1.82) is 0 Å². The van der Waals surface area contributed by atoms with E-state index in [1.165, 1.54) is 84.0 Å². The summed E-state index contributed by atoms with van der Waals surface area (Å²) < 4.78 is 2.49. The summed E-state index contributed by atoms with van der Waals surface area (Å²) in [5.41, 5.74) is 9.53. The molecule has 2 heteroatoms. The van der Waals surface area contributed by atoms with E-state index in [0.717, 1.165) is 0 Å². The molecule has 0 saturated carbocycles. The Hall–Kier alpha value is -4.04. The fourth-order valence-electron chi connectivity index (χ4n) is 7.10. The highest BCUT2D eigenvalue weighted by atomic mass is 15.0. The highest BCUT2D eigenvalue weighted by Gasteiger charge is 2.37. The van der Waals surface area contributed by atoms with Crippen molar-refractivity contribution >= 4 is 54.4 Å². The minimum atomic E-state index is 0.165. The van der Waals surface area contributed by atoms with Gasteiger partial charge in [0.2, 0.25) is 0 Å². The van der Waals surface area contributed by atoms with E-state index in [1.807, 2.05) is 0 Å². The van der Waals surface area contributed by atoms with Crippen LogP contribution in [-0.4, -0.2) is 9.55 Å². The van der Waals surface area contributed by atoms with E-state index in [9.17, 15) is 0 Å². The Morgan fingerprint density at radius 3 is 2.03 bits per heavy atom. The van der Waals surface area contributed by atoms with Crippen LogP contribution in [0.3, 0.4) is 0 Å². The predicted molar refractivity (Wildman–Crippen MR) is 163 cm³/mol. The van der Waals surface area contributed by atoms with Gasteiger partial charge >= 0.3 is 0 Å². The van der Waals surface area contributed by atoms with E-state index in [4.69, 9.17) is 0 Å². The summed E-state index contributed by atoms with van der Waals surface area (Å²) in [6.07, 6.45) is 2.43. The van der Waals surface area contributed by atoms with Gasteiger partial charge in [0.15, 0.2) is 0 Å². The van der Waals surface area contributed by atoms with Gasteiger partial charge in [0.05, 0.1) is 11.0 Å². The van der Waals surface area contributed by atoms with Gasteiger partial charge in [-0.1, -0.05) is 76.2 Å². The minimum absolute atomic E-state index is 0.165. The Bertz CT molecular complexity index is 2070. The topological polar surface area (TPSA) is 20.7 Å². The predicted octanol–water partition coefficient (Wildman–Crippen LogP) is 9.92. The number of fused-ring (bicyclic) bond motifs is 9. The standard InChI is InChI=1S/C36H32N2/c1-35(2)16-17-36(3,4)29-21-33-25(18-28(29)35)26-19-31-27(20-32(26)38(33)23-11-6-5-7-12-23)34-24-13-9-8-10-22(24)14-15-30(34)37-31/h5-15,18-21,37H,16-17H2,1-4H3. The molecular weight excluding hydrogens is 460 g/mol. The normalized spacial score (nSPS) is 16.6. The van der Waals surface area contributed by atoms with Crippen molar-refractivity contribution < 1.29 is 0 Å². The number of hydrogen-bond donors (Lipinski definition) is 1. The fraction of sp³-hybridized carbons (Fsp3) is 0.222. The van der Waals surface area contributed by atoms with Crippen molar-refractivity contribution in [2.24, 2.45) is 0 Å². The average molecular weight is 493 g/mol. The van der Waals surface area contributed by atoms with Crippen molar-refractivity contribution in [1.82, 2.24) is 9.55 Å². The molecule has 0 aliphatic heterocycles. The second-order valence-electron chi connectivity index (χ2n) is 12.6. The van der Waals surface area contributed by atoms with Crippen molar-refractivity contribution in [3.63, 3.8) is 0 Å². The van der Waals surface area contributed by atoms with Gasteiger partial charge in [0.25, 0.3) is 0 Å². The Kier molecular flexibility index (Phi) is 4.22. The van der Waals surface area contributed by atoms with Gasteiger partial charge in [-0.2, -0.15) is 0 Å². The van der Waals surface area contributed by atoms with Crippen LogP contribution in [0.25, 0.3) is 60.1 Å². The lowest BCUT2D eigenvalue weighted by Crippen LogP contribution is -2.33. The Morgan fingerprint density at radius 1 is 0.579 bits per heavy atom. The Morgan fingerprint density at radius 2 is 1.24 bits per heavy atom. The smallest absolute Gasteiger partial charge is 0.0548 e. The van der Waals surface area contributed by atoms with E-state index in [2.05, 4.69) is 128 Å². The number of H-pyrrole nitrogens is 1. The highest BCUT2D eigenvalue weighted by molar-refractivity contribution is 6.24. The van der Waals surface area contributed by atoms with Gasteiger partial charge in [-0.05, 0) is 88.0 Å². The zero-order valence-corrected chi connectivity index (χ0v) is 22.5. The zero-order valence-electron chi connectivity index (χ0n) is 22.5. The zero-order chi connectivity index (χ0) is 25.8. The monoisotopic (exact) mass is 492 g/mol. The summed E-state index contributed by atoms with van der Waals surface area (Å²) in [5.74, 6) is 0. The minimum Gasteiger partial charge on any atom is -0.354 e. The molecule has 0 saturated heterocycles. The molecule has 0 amide bonds. The first-order valence-corrected chi connectivity index (χ1v) is 13.8. The van der Waals surface area contributed by atoms with E-state index >= 15 is 0 Å². The largest absolute Gasteiger partial charge is 0.354 e. The number of hydrogen-bond acceptors (Lipinski definition) is 0. The molecule has 2 aromatic heterocycles. The lowest BCUT2D eigenvalue weighted by molar-refractivity contribution is 0.332. The molecule has 0 bridgehead atoms. The number of nitrogens with one attached hydrogen (secondary N) is 1. The highest BCUT2D eigenvalue weighted by Crippen LogP contribution is 2.49. The number of para-hydroxylation sites is 1. The summed E-state index contributed by atoms with van der Waals surface area (Å²) in [4.78, 5) is 3.76. The lowest BCUT2D eigenvalue weighted by atomic mass is 9.63. The third-order valence-electron chi connectivity index (χ3n) is 9.36. The molecule has 186 valence electrons. The first-order valence-electron chi connectivity index (χ1n) is 13.8. The van der Waals surface area contributed by atoms with Gasteiger partial charge in [-0.15, -0.1) is 0 Å². The van der Waals surface area contributed by atoms with Crippen LogP contribution in [0.2, 0.25) is 0 Å². The van der Waals surface area contributed by atoms with Crippen molar-refractivity contribution in [2.75, 3.05) is 0 Å². The number of benzene rings is 5. The molecular formula is C36H32N2. The molecule has 0 radical (unpaired) electrons. The quantitative estimate of drug-likeness (QED) is 0.235. The van der Waals surface area contributed by atoms with Crippen LogP contribution in [-0.2, 0) is 10.8 Å².